The first-order chi connectivity index (χ1) is 16.0. The van der Waals surface area contributed by atoms with Crippen molar-refractivity contribution in [3.8, 4) is 5.75 Å². The zero-order valence-corrected chi connectivity index (χ0v) is 17.5. The summed E-state index contributed by atoms with van der Waals surface area (Å²) in [6.07, 6.45) is 1.05. The molecular weight excluding hydrogens is 425 g/mol. The number of rotatable bonds is 7. The number of carbonyl (C=O) groups excluding carboxylic acids is 1. The Morgan fingerprint density at radius 3 is 2.36 bits per heavy atom. The van der Waals surface area contributed by atoms with Crippen molar-refractivity contribution >= 4 is 11.6 Å². The highest BCUT2D eigenvalue weighted by atomic mass is 19.1. The van der Waals surface area contributed by atoms with E-state index in [0.717, 1.165) is 16.3 Å². The summed E-state index contributed by atoms with van der Waals surface area (Å²) in [7, 11) is 0. The lowest BCUT2D eigenvalue weighted by molar-refractivity contribution is 0.102. The van der Waals surface area contributed by atoms with Gasteiger partial charge in [-0.25, -0.2) is 9.18 Å². The minimum absolute atomic E-state index is 0.161. The molecule has 0 unspecified atom stereocenters. The number of aromatic nitrogens is 2. The van der Waals surface area contributed by atoms with Gasteiger partial charge in [-0.15, -0.1) is 0 Å². The number of halogens is 1. The fraction of sp³-hybridized carbons (Fsp3) is 0.0800. The van der Waals surface area contributed by atoms with E-state index in [1.165, 1.54) is 18.2 Å². The van der Waals surface area contributed by atoms with Crippen LogP contribution in [0.1, 0.15) is 21.5 Å². The van der Waals surface area contributed by atoms with Crippen LogP contribution in [0.5, 0.6) is 5.75 Å². The first kappa shape index (κ1) is 21.8. The summed E-state index contributed by atoms with van der Waals surface area (Å²) >= 11 is 0. The number of anilines is 1. The number of H-pyrrole nitrogens is 1. The molecule has 0 aliphatic rings. The molecule has 2 N–H and O–H groups in total. The molecule has 0 aliphatic heterocycles. The quantitative estimate of drug-likeness (QED) is 0.455. The molecule has 0 aliphatic carbocycles. The Bertz CT molecular complexity index is 1380. The Hall–Kier alpha value is -4.46. The Balaban J connectivity index is 1.46. The number of nitrogens with one attached hydrogen (secondary N) is 2. The van der Waals surface area contributed by atoms with Crippen LogP contribution in [-0.4, -0.2) is 15.5 Å². The summed E-state index contributed by atoms with van der Waals surface area (Å²) in [6, 6.07) is 22.2. The second kappa shape index (κ2) is 9.78. The van der Waals surface area contributed by atoms with Gasteiger partial charge < -0.3 is 15.0 Å². The molecule has 3 aromatic carbocycles. The third-order valence-corrected chi connectivity index (χ3v) is 4.95. The molecule has 0 spiro atoms. The van der Waals surface area contributed by atoms with Crippen LogP contribution in [0.4, 0.5) is 10.1 Å². The number of aromatic amines is 1. The van der Waals surface area contributed by atoms with Crippen LogP contribution in [0, 0.1) is 5.82 Å². The second-order valence-electron chi connectivity index (χ2n) is 7.24. The molecule has 1 heterocycles. The summed E-state index contributed by atoms with van der Waals surface area (Å²) < 4.78 is 20.5. The zero-order valence-electron chi connectivity index (χ0n) is 17.5. The molecule has 4 aromatic rings. The number of ether oxygens (including phenoxy) is 1. The van der Waals surface area contributed by atoms with Crippen LogP contribution in [0.25, 0.3) is 0 Å². The van der Waals surface area contributed by atoms with Crippen LogP contribution in [0.3, 0.4) is 0 Å². The second-order valence-corrected chi connectivity index (χ2v) is 7.24. The fourth-order valence-corrected chi connectivity index (χ4v) is 3.19. The van der Waals surface area contributed by atoms with Crippen molar-refractivity contribution in [1.82, 2.24) is 9.55 Å². The maximum Gasteiger partial charge on any atom is 0.328 e. The molecule has 8 heteroatoms. The maximum absolute atomic E-state index is 14.0. The van der Waals surface area contributed by atoms with E-state index < -0.39 is 23.0 Å². The van der Waals surface area contributed by atoms with E-state index in [0.29, 0.717) is 18.0 Å². The molecule has 0 saturated heterocycles. The van der Waals surface area contributed by atoms with E-state index >= 15 is 0 Å². The van der Waals surface area contributed by atoms with Gasteiger partial charge in [0.1, 0.15) is 23.7 Å². The predicted molar refractivity (Wildman–Crippen MR) is 122 cm³/mol. The van der Waals surface area contributed by atoms with E-state index in [1.807, 2.05) is 30.3 Å². The summed E-state index contributed by atoms with van der Waals surface area (Å²) in [6.45, 7) is 0.112. The number of hydrogen-bond acceptors (Lipinski definition) is 4. The molecule has 1 aromatic heterocycles. The number of hydrogen-bond donors (Lipinski definition) is 2. The number of amides is 1. The molecule has 0 fully saturated rings. The van der Waals surface area contributed by atoms with Crippen LogP contribution in [0.15, 0.2) is 94.6 Å². The van der Waals surface area contributed by atoms with Crippen molar-refractivity contribution in [3.63, 3.8) is 0 Å². The van der Waals surface area contributed by atoms with Gasteiger partial charge in [-0.1, -0.05) is 48.5 Å². The van der Waals surface area contributed by atoms with Crippen LogP contribution < -0.4 is 21.3 Å². The lowest BCUT2D eigenvalue weighted by Crippen LogP contribution is -2.39. The highest BCUT2D eigenvalue weighted by molar-refractivity contribution is 6.03. The molecule has 33 heavy (non-hydrogen) atoms. The molecule has 1 amide bonds. The Morgan fingerprint density at radius 2 is 1.64 bits per heavy atom. The Labute approximate surface area is 188 Å². The molecular formula is C25H20FN3O4. The summed E-state index contributed by atoms with van der Waals surface area (Å²) in [5.74, 6) is -0.627. The Kier molecular flexibility index (Phi) is 6.45. The van der Waals surface area contributed by atoms with Crippen LogP contribution >= 0.6 is 0 Å². The van der Waals surface area contributed by atoms with Gasteiger partial charge in [0.05, 0.1) is 6.54 Å². The molecule has 0 atom stereocenters. The third-order valence-electron chi connectivity index (χ3n) is 4.95. The van der Waals surface area contributed by atoms with Gasteiger partial charge >= 0.3 is 5.69 Å². The maximum atomic E-state index is 14.0. The van der Waals surface area contributed by atoms with Crippen molar-refractivity contribution in [3.05, 3.63) is 128 Å². The van der Waals surface area contributed by atoms with Crippen molar-refractivity contribution in [2.75, 3.05) is 5.32 Å². The number of carbonyl (C=O) groups is 1. The highest BCUT2D eigenvalue weighted by Gasteiger charge is 2.16. The summed E-state index contributed by atoms with van der Waals surface area (Å²) in [4.78, 5) is 39.9. The zero-order chi connectivity index (χ0) is 23.2. The van der Waals surface area contributed by atoms with Crippen molar-refractivity contribution in [2.45, 2.75) is 13.2 Å². The monoisotopic (exact) mass is 445 g/mol. The van der Waals surface area contributed by atoms with Gasteiger partial charge in [0, 0.05) is 17.4 Å². The van der Waals surface area contributed by atoms with E-state index in [2.05, 4.69) is 10.3 Å². The van der Waals surface area contributed by atoms with Crippen molar-refractivity contribution < 1.29 is 13.9 Å². The normalized spacial score (nSPS) is 10.6. The average Bonchev–Trinajstić information content (AvgIpc) is 2.83. The van der Waals surface area contributed by atoms with Gasteiger partial charge in [-0.05, 0) is 35.9 Å². The average molecular weight is 445 g/mol. The molecule has 0 bridgehead atoms. The van der Waals surface area contributed by atoms with Crippen molar-refractivity contribution in [2.24, 2.45) is 0 Å². The lowest BCUT2D eigenvalue weighted by Gasteiger charge is -2.10. The lowest BCUT2D eigenvalue weighted by atomic mass is 10.2. The Morgan fingerprint density at radius 1 is 0.939 bits per heavy atom. The predicted octanol–water partition coefficient (Wildman–Crippen LogP) is 3.56. The SMILES string of the molecule is O=C(Nc1ccc(OCc2ccccc2)cc1)c1c[nH]c(=O)n(Cc2ccccc2F)c1=O. The van der Waals surface area contributed by atoms with Gasteiger partial charge in [0.25, 0.3) is 11.5 Å². The van der Waals surface area contributed by atoms with E-state index in [4.69, 9.17) is 4.74 Å². The first-order valence-electron chi connectivity index (χ1n) is 10.2. The molecule has 0 radical (unpaired) electrons. The largest absolute Gasteiger partial charge is 0.489 e. The summed E-state index contributed by atoms with van der Waals surface area (Å²) in [5, 5.41) is 2.62. The minimum atomic E-state index is -0.817. The van der Waals surface area contributed by atoms with Gasteiger partial charge in [0.2, 0.25) is 0 Å². The highest BCUT2D eigenvalue weighted by Crippen LogP contribution is 2.17. The van der Waals surface area contributed by atoms with Crippen molar-refractivity contribution in [1.29, 1.82) is 0 Å². The van der Waals surface area contributed by atoms with Gasteiger partial charge in [-0.3, -0.25) is 14.2 Å². The third kappa shape index (κ3) is 5.24. The van der Waals surface area contributed by atoms with E-state index in [9.17, 15) is 18.8 Å². The number of benzene rings is 3. The fourth-order valence-electron chi connectivity index (χ4n) is 3.19. The molecule has 166 valence electrons. The molecule has 0 saturated carbocycles. The van der Waals surface area contributed by atoms with E-state index in [1.54, 1.807) is 30.3 Å². The van der Waals surface area contributed by atoms with Gasteiger partial charge in [-0.2, -0.15) is 0 Å². The topological polar surface area (TPSA) is 93.2 Å². The smallest absolute Gasteiger partial charge is 0.328 e. The molecule has 4 rings (SSSR count). The van der Waals surface area contributed by atoms with Gasteiger partial charge in [0.15, 0.2) is 0 Å². The van der Waals surface area contributed by atoms with Crippen LogP contribution in [0.2, 0.25) is 0 Å². The molecule has 7 nitrogen and oxygen atoms in total. The number of nitrogens with zero attached hydrogens (tertiary/aromatic N) is 1. The minimum Gasteiger partial charge on any atom is -0.489 e. The van der Waals surface area contributed by atoms with Crippen LogP contribution in [-0.2, 0) is 13.2 Å². The summed E-state index contributed by atoms with van der Waals surface area (Å²) in [5.41, 5.74) is -0.191. The first-order valence-corrected chi connectivity index (χ1v) is 10.2. The van der Waals surface area contributed by atoms with E-state index in [-0.39, 0.29) is 17.7 Å². The standard InChI is InChI=1S/C25H20FN3O4/c26-22-9-5-4-8-18(22)15-29-24(31)21(14-27-25(29)32)23(30)28-19-10-12-20(13-11-19)33-16-17-6-2-1-3-7-17/h1-14H,15-16H2,(H,27,32)(H,28,30).